The highest BCUT2D eigenvalue weighted by molar-refractivity contribution is 6.09. The Bertz CT molecular complexity index is 4970. The minimum atomic E-state index is -0.221. The van der Waals surface area contributed by atoms with Crippen molar-refractivity contribution in [2.75, 3.05) is 0 Å². The molecule has 2 aliphatic heterocycles. The van der Waals surface area contributed by atoms with Gasteiger partial charge in [-0.2, -0.15) is 0 Å². The zero-order chi connectivity index (χ0) is 51.9. The van der Waals surface area contributed by atoms with Gasteiger partial charge in [0, 0.05) is 88.1 Å². The molecule has 0 radical (unpaired) electrons. The lowest BCUT2D eigenvalue weighted by molar-refractivity contribution is 0.913. The van der Waals surface area contributed by atoms with E-state index in [1.165, 1.54) is 32.7 Å². The Kier molecular flexibility index (Phi) is 8.22. The van der Waals surface area contributed by atoms with Gasteiger partial charge in [-0.25, -0.2) is 19.9 Å². The maximum absolute atomic E-state index is 5.42. The Morgan fingerprint density at radius 1 is 0.237 bits per heavy atom. The zero-order valence-electron chi connectivity index (χ0n) is 42.7. The molecule has 8 heteroatoms. The monoisotopic (exact) mass is 1020 g/mol. The second kappa shape index (κ2) is 15.5. The molecule has 9 aromatic carbocycles. The van der Waals surface area contributed by atoms with E-state index in [2.05, 4.69) is 238 Å². The first-order valence-corrected chi connectivity index (χ1v) is 27.4. The van der Waals surface area contributed by atoms with Gasteiger partial charge in [0.1, 0.15) is 0 Å². The first-order valence-electron chi connectivity index (χ1n) is 27.4. The third-order valence-electron chi connectivity index (χ3n) is 17.7. The predicted octanol–water partition coefficient (Wildman–Crippen LogP) is 17.8. The number of aromatic amines is 4. The summed E-state index contributed by atoms with van der Waals surface area (Å²) in [7, 11) is 0. The summed E-state index contributed by atoms with van der Waals surface area (Å²) in [4.78, 5) is 37.9. The van der Waals surface area contributed by atoms with E-state index in [0.29, 0.717) is 0 Å². The zero-order valence-corrected chi connectivity index (χ0v) is 42.7. The minimum absolute atomic E-state index is 0.221. The Morgan fingerprint density at radius 2 is 0.512 bits per heavy atom. The molecule has 0 atom stereocenters. The van der Waals surface area contributed by atoms with Crippen LogP contribution in [0.2, 0.25) is 0 Å². The number of rotatable bonds is 2. The number of benzene rings is 9. The van der Waals surface area contributed by atoms with Crippen LogP contribution in [-0.4, -0.2) is 39.9 Å². The number of nitrogens with zero attached hydrogens (tertiary/aromatic N) is 4. The molecule has 4 N–H and O–H groups in total. The van der Waals surface area contributed by atoms with Gasteiger partial charge >= 0.3 is 0 Å². The van der Waals surface area contributed by atoms with Crippen LogP contribution in [0.5, 0.6) is 0 Å². The van der Waals surface area contributed by atoms with Crippen LogP contribution in [-0.2, 0) is 0 Å². The highest BCUT2D eigenvalue weighted by Crippen LogP contribution is 2.46. The number of pyridine rings is 4. The maximum atomic E-state index is 5.42. The second-order valence-electron chi connectivity index (χ2n) is 22.0. The van der Waals surface area contributed by atoms with Gasteiger partial charge in [-0.15, -0.1) is 0 Å². The summed E-state index contributed by atoms with van der Waals surface area (Å²) in [5.41, 5.74) is 22.4. The second-order valence-corrected chi connectivity index (χ2v) is 22.0. The van der Waals surface area contributed by atoms with Gasteiger partial charge in [0.25, 0.3) is 0 Å². The number of hydrogen-bond acceptors (Lipinski definition) is 4. The molecule has 8 nitrogen and oxygen atoms in total. The van der Waals surface area contributed by atoms with E-state index in [1.807, 2.05) is 0 Å². The van der Waals surface area contributed by atoms with Gasteiger partial charge in [0.05, 0.1) is 78.7 Å². The highest BCUT2D eigenvalue weighted by atomic mass is 14.8. The van der Waals surface area contributed by atoms with Crippen LogP contribution in [0.3, 0.4) is 0 Å². The van der Waals surface area contributed by atoms with Crippen molar-refractivity contribution in [2.24, 2.45) is 0 Å². The fraction of sp³-hybridized carbons (Fsp3) is 0.0278. The van der Waals surface area contributed by atoms with Crippen LogP contribution in [0.1, 0.15) is 45.7 Å². The fourth-order valence-electron chi connectivity index (χ4n) is 13.9. The number of H-pyrrole nitrogens is 4. The molecule has 0 saturated heterocycles. The van der Waals surface area contributed by atoms with Crippen molar-refractivity contribution in [2.45, 2.75) is 11.8 Å². The fourth-order valence-corrected chi connectivity index (χ4v) is 13.9. The Labute approximate surface area is 455 Å². The molecule has 0 saturated carbocycles. The molecule has 0 unspecified atom stereocenters. The van der Waals surface area contributed by atoms with Crippen LogP contribution < -0.4 is 0 Å². The van der Waals surface area contributed by atoms with Crippen LogP contribution in [0.4, 0.5) is 0 Å². The lowest BCUT2D eigenvalue weighted by Crippen LogP contribution is -2.07. The van der Waals surface area contributed by atoms with Crippen LogP contribution in [0.25, 0.3) is 154 Å². The predicted molar refractivity (Wildman–Crippen MR) is 327 cm³/mol. The summed E-state index contributed by atoms with van der Waals surface area (Å²) in [5.74, 6) is -0.442. The van der Waals surface area contributed by atoms with Crippen molar-refractivity contribution in [3.63, 3.8) is 0 Å². The molecule has 2 aliphatic rings. The van der Waals surface area contributed by atoms with Gasteiger partial charge in [-0.3, -0.25) is 0 Å². The lowest BCUT2D eigenvalue weighted by atomic mass is 9.84. The number of aromatic nitrogens is 8. The van der Waals surface area contributed by atoms with Crippen LogP contribution >= 0.6 is 0 Å². The first kappa shape index (κ1) is 42.4. The molecular weight excluding hydrogens is 977 g/mol. The van der Waals surface area contributed by atoms with Crippen molar-refractivity contribution in [1.82, 2.24) is 39.9 Å². The van der Waals surface area contributed by atoms with Crippen molar-refractivity contribution < 1.29 is 0 Å². The van der Waals surface area contributed by atoms with E-state index in [1.54, 1.807) is 0 Å². The van der Waals surface area contributed by atoms with Gasteiger partial charge in [0.2, 0.25) is 0 Å². The van der Waals surface area contributed by atoms with E-state index in [4.69, 9.17) is 19.9 Å². The maximum Gasteiger partial charge on any atom is 0.0972 e. The van der Waals surface area contributed by atoms with Crippen molar-refractivity contribution in [1.29, 1.82) is 0 Å². The highest BCUT2D eigenvalue weighted by Gasteiger charge is 2.29. The van der Waals surface area contributed by atoms with Gasteiger partial charge in [-0.05, 0) is 93.3 Å². The molecule has 17 aromatic rings. The number of hydrogen-bond donors (Lipinski definition) is 4. The molecule has 0 spiro atoms. The molecule has 19 rings (SSSR count). The van der Waals surface area contributed by atoms with E-state index in [9.17, 15) is 0 Å². The molecule has 0 aliphatic carbocycles. The van der Waals surface area contributed by atoms with E-state index >= 15 is 0 Å². The number of para-hydroxylation sites is 4. The topological polar surface area (TPSA) is 115 Å². The van der Waals surface area contributed by atoms with Crippen molar-refractivity contribution in [3.8, 4) is 45.0 Å². The standard InChI is InChI=1S/C72H42N8/c1-7-41-31-42-8-2-14-48(64-61-34-45-11-5-17-51(67(45)79-61)57-29-25-39-21-22-40-26-30-58(76-72(40)71(39)75-57)52-18-6-12-46-35-62(64)80-68(46)52)54(42)36-53(41)47(13-1)63-59-32-43-9-3-15-49(65(43)77-59)55-27-23-37-19-20-38-24-28-56(74-70(38)69(37)73-55)50-16-4-10-44-33-60(63)78-66(44)50/h1-36,63-64,77-80H. The average molecular weight is 1020 g/mol. The Morgan fingerprint density at radius 3 is 0.825 bits per heavy atom. The summed E-state index contributed by atoms with van der Waals surface area (Å²) in [5, 5.41) is 13.5. The molecular formula is C72H42N8. The molecule has 8 aromatic heterocycles. The smallest absolute Gasteiger partial charge is 0.0972 e. The Hall–Kier alpha value is -10.7. The summed E-state index contributed by atoms with van der Waals surface area (Å²) < 4.78 is 0. The van der Waals surface area contributed by atoms with Gasteiger partial charge in [-0.1, -0.05) is 158 Å². The van der Waals surface area contributed by atoms with E-state index in [0.717, 1.165) is 155 Å². The molecule has 80 heavy (non-hydrogen) atoms. The quantitative estimate of drug-likeness (QED) is 0.102. The molecule has 10 heterocycles. The summed E-state index contributed by atoms with van der Waals surface area (Å²) >= 11 is 0. The normalized spacial score (nSPS) is 13.4. The SMILES string of the molecule is c1cc(C2c3cc4cccc(c4[nH]3)-c3ccc4ccc5ccc(nc5c4n3)-c3cccc4cc2[nH]c34)c2cc3c(C4c5cc6cccc(c6[nH]5)-c5ccc6ccc7ccc(nc7c6n5)-c5cccc6cc4[nH]c56)cccc3cc2c1. The lowest BCUT2D eigenvalue weighted by Gasteiger charge is -2.21. The van der Waals surface area contributed by atoms with Gasteiger partial charge < -0.3 is 19.9 Å². The van der Waals surface area contributed by atoms with Crippen molar-refractivity contribution >= 4 is 109 Å². The van der Waals surface area contributed by atoms with Gasteiger partial charge in [0.15, 0.2) is 0 Å². The van der Waals surface area contributed by atoms with Crippen LogP contribution in [0, 0.1) is 0 Å². The first-order chi connectivity index (χ1) is 39.6. The van der Waals surface area contributed by atoms with Crippen molar-refractivity contribution in [3.05, 3.63) is 252 Å². The summed E-state index contributed by atoms with van der Waals surface area (Å²) in [6.45, 7) is 0. The largest absolute Gasteiger partial charge is 0.357 e. The average Bonchev–Trinajstić information content (AvgIpc) is 4.34. The minimum Gasteiger partial charge on any atom is -0.357 e. The van der Waals surface area contributed by atoms with E-state index in [-0.39, 0.29) is 11.8 Å². The Balaban J connectivity index is 0.868. The summed E-state index contributed by atoms with van der Waals surface area (Å²) in [6, 6.07) is 80.0. The molecule has 370 valence electrons. The number of fused-ring (bicyclic) bond motifs is 14. The van der Waals surface area contributed by atoms with E-state index < -0.39 is 0 Å². The third-order valence-corrected chi connectivity index (χ3v) is 17.7. The van der Waals surface area contributed by atoms with Crippen LogP contribution in [0.15, 0.2) is 218 Å². The number of nitrogens with one attached hydrogen (secondary N) is 4. The third kappa shape index (κ3) is 5.93. The molecule has 16 bridgehead atoms. The molecule has 0 amide bonds. The molecule has 0 fully saturated rings. The summed E-state index contributed by atoms with van der Waals surface area (Å²) in [6.07, 6.45) is 0.